The second-order valence-electron chi connectivity index (χ2n) is 10.5. The van der Waals surface area contributed by atoms with Crippen molar-refractivity contribution in [1.82, 2.24) is 0 Å². The molecule has 0 aliphatic rings. The Morgan fingerprint density at radius 1 is 0.750 bits per heavy atom. The van der Waals surface area contributed by atoms with Crippen molar-refractivity contribution >= 4 is 13.8 Å². The first-order valence-electron chi connectivity index (χ1n) is 15.7. The third-order valence-corrected chi connectivity index (χ3v) is 7.38. The van der Waals surface area contributed by atoms with Gasteiger partial charge in [-0.1, -0.05) is 103 Å². The van der Waals surface area contributed by atoms with E-state index in [0.717, 1.165) is 64.2 Å². The molecule has 3 unspecified atom stereocenters. The molecular formula is C30H59O9P. The zero-order chi connectivity index (χ0) is 29.7. The maximum absolute atomic E-state index is 12.4. The van der Waals surface area contributed by atoms with Gasteiger partial charge in [0, 0.05) is 13.0 Å². The van der Waals surface area contributed by atoms with Gasteiger partial charge < -0.3 is 24.6 Å². The van der Waals surface area contributed by atoms with Crippen LogP contribution in [-0.4, -0.2) is 66.3 Å². The summed E-state index contributed by atoms with van der Waals surface area (Å²) >= 11 is 0. The van der Waals surface area contributed by atoms with Crippen molar-refractivity contribution in [3.05, 3.63) is 12.2 Å². The number of unbranched alkanes of at least 4 members (excludes halogenated alkanes) is 14. The molecule has 0 aliphatic carbocycles. The first-order valence-corrected chi connectivity index (χ1v) is 17.2. The molecule has 40 heavy (non-hydrogen) atoms. The number of ether oxygens (including phenoxy) is 2. The van der Waals surface area contributed by atoms with E-state index < -0.39 is 39.2 Å². The summed E-state index contributed by atoms with van der Waals surface area (Å²) in [6.45, 7) is 3.40. The van der Waals surface area contributed by atoms with E-state index in [1.54, 1.807) is 0 Å². The smallest absolute Gasteiger partial charge is 0.457 e. The van der Waals surface area contributed by atoms with Gasteiger partial charge >= 0.3 is 13.8 Å². The summed E-state index contributed by atoms with van der Waals surface area (Å²) in [7, 11) is -4.49. The van der Waals surface area contributed by atoms with Crippen molar-refractivity contribution < 1.29 is 43.0 Å². The normalized spacial score (nSPS) is 14.8. The zero-order valence-electron chi connectivity index (χ0n) is 25.3. The van der Waals surface area contributed by atoms with E-state index >= 15 is 0 Å². The molecule has 0 fully saturated rings. The standard InChI is InChI=1S/C30H59O9P/c1-3-5-7-9-11-13-14-16-18-20-22-30(33)39-29(27-38-40(34,35)37-25-28(32)24-31)26-36-23-21-19-17-15-12-10-8-6-4-2/h7,9,28-29,31-32H,3-6,8,10-27H2,1-2H3,(H,34,35)/b9-7-. The van der Waals surface area contributed by atoms with Crippen LogP contribution >= 0.6 is 7.82 Å². The van der Waals surface area contributed by atoms with Crippen LogP contribution in [-0.2, 0) is 27.9 Å². The van der Waals surface area contributed by atoms with Gasteiger partial charge in [0.15, 0.2) is 0 Å². The molecule has 0 bridgehead atoms. The predicted molar refractivity (Wildman–Crippen MR) is 159 cm³/mol. The van der Waals surface area contributed by atoms with E-state index in [0.29, 0.717) is 6.61 Å². The Morgan fingerprint density at radius 3 is 1.98 bits per heavy atom. The second kappa shape index (κ2) is 28.3. The first-order chi connectivity index (χ1) is 19.3. The van der Waals surface area contributed by atoms with Crippen LogP contribution in [0.4, 0.5) is 0 Å². The Bertz CT molecular complexity index is 645. The highest BCUT2D eigenvalue weighted by Gasteiger charge is 2.26. The molecule has 0 aliphatic heterocycles. The molecule has 0 spiro atoms. The van der Waals surface area contributed by atoms with Crippen LogP contribution in [0, 0.1) is 0 Å². The highest BCUT2D eigenvalue weighted by molar-refractivity contribution is 7.47. The lowest BCUT2D eigenvalue weighted by molar-refractivity contribution is -0.154. The molecule has 238 valence electrons. The number of hydrogen-bond acceptors (Lipinski definition) is 8. The molecule has 9 nitrogen and oxygen atoms in total. The van der Waals surface area contributed by atoms with Crippen molar-refractivity contribution in [2.75, 3.05) is 33.0 Å². The Hall–Kier alpha value is -0.800. The highest BCUT2D eigenvalue weighted by atomic mass is 31.2. The number of esters is 1. The van der Waals surface area contributed by atoms with Gasteiger partial charge in [0.1, 0.15) is 12.2 Å². The lowest BCUT2D eigenvalue weighted by Crippen LogP contribution is -2.29. The van der Waals surface area contributed by atoms with Gasteiger partial charge in [-0.05, 0) is 32.1 Å². The molecule has 0 saturated carbocycles. The molecule has 0 rings (SSSR count). The van der Waals surface area contributed by atoms with Gasteiger partial charge in [0.05, 0.1) is 26.4 Å². The van der Waals surface area contributed by atoms with Crippen LogP contribution in [0.2, 0.25) is 0 Å². The van der Waals surface area contributed by atoms with Gasteiger partial charge in [0.25, 0.3) is 0 Å². The molecule has 0 aromatic carbocycles. The summed E-state index contributed by atoms with van der Waals surface area (Å²) in [5.74, 6) is -0.396. The summed E-state index contributed by atoms with van der Waals surface area (Å²) in [6, 6.07) is 0. The minimum atomic E-state index is -4.49. The molecule has 0 heterocycles. The Morgan fingerprint density at radius 2 is 1.32 bits per heavy atom. The number of rotatable bonds is 30. The van der Waals surface area contributed by atoms with Crippen LogP contribution in [0.1, 0.15) is 129 Å². The Balaban J connectivity index is 4.34. The largest absolute Gasteiger partial charge is 0.472 e. The number of aliphatic hydroxyl groups excluding tert-OH is 2. The summed E-state index contributed by atoms with van der Waals surface area (Å²) < 4.78 is 32.9. The first kappa shape index (κ1) is 39.2. The van der Waals surface area contributed by atoms with Crippen molar-refractivity contribution in [3.63, 3.8) is 0 Å². The summed E-state index contributed by atoms with van der Waals surface area (Å²) in [6.07, 6.45) is 21.8. The lowest BCUT2D eigenvalue weighted by atomic mass is 10.1. The van der Waals surface area contributed by atoms with Crippen LogP contribution in [0.5, 0.6) is 0 Å². The summed E-state index contributed by atoms with van der Waals surface area (Å²) in [5, 5.41) is 18.2. The second-order valence-corrected chi connectivity index (χ2v) is 11.9. The maximum Gasteiger partial charge on any atom is 0.472 e. The van der Waals surface area contributed by atoms with E-state index in [2.05, 4.69) is 30.5 Å². The number of hydrogen-bond donors (Lipinski definition) is 3. The van der Waals surface area contributed by atoms with Gasteiger partial charge in [-0.2, -0.15) is 0 Å². The topological polar surface area (TPSA) is 132 Å². The summed E-state index contributed by atoms with van der Waals surface area (Å²) in [5.41, 5.74) is 0. The van der Waals surface area contributed by atoms with E-state index in [9.17, 15) is 19.4 Å². The van der Waals surface area contributed by atoms with E-state index in [1.165, 1.54) is 44.9 Å². The quantitative estimate of drug-likeness (QED) is 0.0347. The summed E-state index contributed by atoms with van der Waals surface area (Å²) in [4.78, 5) is 22.2. The third kappa shape index (κ3) is 27.4. The van der Waals surface area contributed by atoms with Crippen molar-refractivity contribution in [2.45, 2.75) is 142 Å². The molecule has 0 amide bonds. The SMILES string of the molecule is CCC/C=C\CCCCCCCC(=O)OC(COCCCCCCCCCCC)COP(=O)(O)OCC(O)CO. The molecule has 0 saturated heterocycles. The predicted octanol–water partition coefficient (Wildman–Crippen LogP) is 7.02. The zero-order valence-corrected chi connectivity index (χ0v) is 26.2. The molecule has 0 radical (unpaired) electrons. The van der Waals surface area contributed by atoms with Crippen LogP contribution < -0.4 is 0 Å². The number of phosphoric acid groups is 1. The van der Waals surface area contributed by atoms with E-state index in [1.807, 2.05) is 0 Å². The van der Waals surface area contributed by atoms with Crippen LogP contribution in [0.25, 0.3) is 0 Å². The van der Waals surface area contributed by atoms with Crippen molar-refractivity contribution in [2.24, 2.45) is 0 Å². The monoisotopic (exact) mass is 594 g/mol. The molecule has 10 heteroatoms. The van der Waals surface area contributed by atoms with Gasteiger partial charge in [-0.3, -0.25) is 13.8 Å². The Labute approximate surface area is 243 Å². The van der Waals surface area contributed by atoms with E-state index in [-0.39, 0.29) is 19.6 Å². The fourth-order valence-electron chi connectivity index (χ4n) is 4.00. The van der Waals surface area contributed by atoms with Crippen molar-refractivity contribution in [3.8, 4) is 0 Å². The van der Waals surface area contributed by atoms with E-state index in [4.69, 9.17) is 19.1 Å². The van der Waals surface area contributed by atoms with Gasteiger partial charge in [0.2, 0.25) is 0 Å². The number of carbonyl (C=O) groups excluding carboxylic acids is 1. The lowest BCUT2D eigenvalue weighted by Gasteiger charge is -2.20. The fourth-order valence-corrected chi connectivity index (χ4v) is 4.79. The minimum absolute atomic E-state index is 0.0492. The highest BCUT2D eigenvalue weighted by Crippen LogP contribution is 2.43. The molecule has 3 atom stereocenters. The molecule has 3 N–H and O–H groups in total. The average Bonchev–Trinajstić information content (AvgIpc) is 2.94. The molecular weight excluding hydrogens is 535 g/mol. The number of aliphatic hydroxyl groups is 2. The number of phosphoric ester groups is 1. The van der Waals surface area contributed by atoms with Gasteiger partial charge in [-0.25, -0.2) is 4.57 Å². The van der Waals surface area contributed by atoms with Crippen LogP contribution in [0.15, 0.2) is 12.2 Å². The third-order valence-electron chi connectivity index (χ3n) is 6.43. The number of allylic oxidation sites excluding steroid dienone is 2. The minimum Gasteiger partial charge on any atom is -0.457 e. The maximum atomic E-state index is 12.4. The fraction of sp³-hybridized carbons (Fsp3) is 0.900. The molecule has 0 aromatic heterocycles. The Kier molecular flexibility index (Phi) is 27.8. The van der Waals surface area contributed by atoms with Gasteiger partial charge in [-0.15, -0.1) is 0 Å². The van der Waals surface area contributed by atoms with Crippen LogP contribution in [0.3, 0.4) is 0 Å². The number of carbonyl (C=O) groups is 1. The molecule has 0 aromatic rings. The average molecular weight is 595 g/mol. The van der Waals surface area contributed by atoms with Crippen molar-refractivity contribution in [1.29, 1.82) is 0 Å².